The molecule has 0 aliphatic rings. The van der Waals surface area contributed by atoms with E-state index >= 15 is 0 Å². The van der Waals surface area contributed by atoms with Gasteiger partial charge in [0, 0.05) is 23.9 Å². The molecule has 0 saturated carbocycles. The number of carbonyl (C=O) groups is 1. The molecule has 0 fully saturated rings. The molecule has 20 heavy (non-hydrogen) atoms. The van der Waals surface area contributed by atoms with Gasteiger partial charge in [-0.3, -0.25) is 4.79 Å². The predicted molar refractivity (Wildman–Crippen MR) is 75.3 cm³/mol. The van der Waals surface area contributed by atoms with Crippen LogP contribution in [0.5, 0.6) is 0 Å². The number of carboxylic acid groups (broad SMARTS) is 1. The first kappa shape index (κ1) is 14.6. The third-order valence-corrected chi connectivity index (χ3v) is 4.12. The topological polar surface area (TPSA) is 76.2 Å². The Kier molecular flexibility index (Phi) is 4.15. The Balaban J connectivity index is 2.51. The molecule has 6 heteroatoms. The molecule has 1 heterocycles. The summed E-state index contributed by atoms with van der Waals surface area (Å²) in [5.41, 5.74) is 4.91. The summed E-state index contributed by atoms with van der Waals surface area (Å²) in [6.45, 7) is 1.64. The highest BCUT2D eigenvalue weighted by Gasteiger charge is 2.41. The van der Waals surface area contributed by atoms with Gasteiger partial charge in [0.05, 0.1) is 10.7 Å². The highest BCUT2D eigenvalue weighted by molar-refractivity contribution is 7.09. The summed E-state index contributed by atoms with van der Waals surface area (Å²) in [6, 6.07) is 5.84. The fourth-order valence-corrected chi connectivity index (χ4v) is 2.82. The molecule has 0 aliphatic carbocycles. The SMILES string of the molecule is Cc1nc(CC(CN)(C(=O)O)c2ccccc2F)cs1. The van der Waals surface area contributed by atoms with Gasteiger partial charge in [-0.15, -0.1) is 11.3 Å². The van der Waals surface area contributed by atoms with E-state index in [1.54, 1.807) is 11.4 Å². The van der Waals surface area contributed by atoms with Gasteiger partial charge < -0.3 is 10.8 Å². The largest absolute Gasteiger partial charge is 0.481 e. The van der Waals surface area contributed by atoms with E-state index in [1.165, 1.54) is 29.5 Å². The van der Waals surface area contributed by atoms with Gasteiger partial charge in [-0.2, -0.15) is 0 Å². The average molecular weight is 294 g/mol. The fourth-order valence-electron chi connectivity index (χ4n) is 2.20. The summed E-state index contributed by atoms with van der Waals surface area (Å²) in [5.74, 6) is -1.71. The highest BCUT2D eigenvalue weighted by Crippen LogP contribution is 2.30. The fraction of sp³-hybridized carbons (Fsp3) is 0.286. The molecular formula is C14H15FN2O2S. The average Bonchev–Trinajstić information content (AvgIpc) is 2.82. The van der Waals surface area contributed by atoms with E-state index in [4.69, 9.17) is 5.73 Å². The van der Waals surface area contributed by atoms with Gasteiger partial charge in [-0.25, -0.2) is 9.37 Å². The zero-order chi connectivity index (χ0) is 14.8. The first-order valence-corrected chi connectivity index (χ1v) is 6.97. The molecule has 0 saturated heterocycles. The summed E-state index contributed by atoms with van der Waals surface area (Å²) in [4.78, 5) is 16.0. The molecule has 106 valence electrons. The number of rotatable bonds is 5. The molecule has 2 aromatic rings. The van der Waals surface area contributed by atoms with Crippen molar-refractivity contribution in [2.24, 2.45) is 5.73 Å². The highest BCUT2D eigenvalue weighted by atomic mass is 32.1. The summed E-state index contributed by atoms with van der Waals surface area (Å²) < 4.78 is 14.0. The second-order valence-corrected chi connectivity index (χ2v) is 5.67. The van der Waals surface area contributed by atoms with E-state index in [0.717, 1.165) is 5.01 Å². The number of nitrogens with two attached hydrogens (primary N) is 1. The third kappa shape index (κ3) is 2.57. The molecule has 0 amide bonds. The maximum Gasteiger partial charge on any atom is 0.315 e. The molecule has 0 aliphatic heterocycles. The lowest BCUT2D eigenvalue weighted by Crippen LogP contribution is -2.45. The van der Waals surface area contributed by atoms with Crippen molar-refractivity contribution in [2.75, 3.05) is 6.54 Å². The zero-order valence-corrected chi connectivity index (χ0v) is 11.8. The van der Waals surface area contributed by atoms with Crippen LogP contribution in [0.25, 0.3) is 0 Å². The van der Waals surface area contributed by atoms with E-state index < -0.39 is 17.2 Å². The maximum absolute atomic E-state index is 14.0. The van der Waals surface area contributed by atoms with Crippen molar-refractivity contribution in [3.63, 3.8) is 0 Å². The van der Waals surface area contributed by atoms with Gasteiger partial charge in [0.15, 0.2) is 0 Å². The minimum absolute atomic E-state index is 0.0735. The molecule has 0 bridgehead atoms. The summed E-state index contributed by atoms with van der Waals surface area (Å²) in [6.07, 6.45) is 0.0735. The third-order valence-electron chi connectivity index (χ3n) is 3.30. The molecule has 0 spiro atoms. The van der Waals surface area contributed by atoms with Gasteiger partial charge in [-0.05, 0) is 13.0 Å². The van der Waals surface area contributed by atoms with Crippen LogP contribution in [0.3, 0.4) is 0 Å². The Hall–Kier alpha value is -1.79. The van der Waals surface area contributed by atoms with Crippen molar-refractivity contribution in [1.82, 2.24) is 4.98 Å². The van der Waals surface area contributed by atoms with Crippen molar-refractivity contribution in [3.8, 4) is 0 Å². The van der Waals surface area contributed by atoms with Gasteiger partial charge in [0.25, 0.3) is 0 Å². The van der Waals surface area contributed by atoms with Crippen LogP contribution >= 0.6 is 11.3 Å². The minimum atomic E-state index is -1.49. The molecule has 1 unspecified atom stereocenters. The van der Waals surface area contributed by atoms with E-state index in [2.05, 4.69) is 4.98 Å². The number of hydrogen-bond acceptors (Lipinski definition) is 4. The van der Waals surface area contributed by atoms with Crippen molar-refractivity contribution in [1.29, 1.82) is 0 Å². The number of nitrogens with zero attached hydrogens (tertiary/aromatic N) is 1. The van der Waals surface area contributed by atoms with Crippen molar-refractivity contribution in [3.05, 3.63) is 51.7 Å². The molecule has 2 rings (SSSR count). The molecule has 1 aromatic carbocycles. The van der Waals surface area contributed by atoms with E-state index in [0.29, 0.717) is 5.69 Å². The molecular weight excluding hydrogens is 279 g/mol. The Morgan fingerprint density at radius 2 is 2.20 bits per heavy atom. The Morgan fingerprint density at radius 1 is 1.50 bits per heavy atom. The second-order valence-electron chi connectivity index (χ2n) is 4.61. The van der Waals surface area contributed by atoms with E-state index in [-0.39, 0.29) is 18.5 Å². The minimum Gasteiger partial charge on any atom is -0.481 e. The zero-order valence-electron chi connectivity index (χ0n) is 11.0. The smallest absolute Gasteiger partial charge is 0.315 e. The van der Waals surface area contributed by atoms with Crippen LogP contribution in [0.4, 0.5) is 4.39 Å². The Labute approximate surface area is 120 Å². The van der Waals surface area contributed by atoms with Gasteiger partial charge in [0.1, 0.15) is 11.2 Å². The second kappa shape index (κ2) is 5.68. The molecule has 4 nitrogen and oxygen atoms in total. The lowest BCUT2D eigenvalue weighted by molar-refractivity contribution is -0.143. The first-order chi connectivity index (χ1) is 9.49. The van der Waals surface area contributed by atoms with Crippen LogP contribution in [0.1, 0.15) is 16.3 Å². The number of thiazole rings is 1. The van der Waals surface area contributed by atoms with Crippen LogP contribution in [0.15, 0.2) is 29.6 Å². The van der Waals surface area contributed by atoms with Crippen LogP contribution in [-0.2, 0) is 16.6 Å². The molecule has 3 N–H and O–H groups in total. The van der Waals surface area contributed by atoms with Crippen molar-refractivity contribution < 1.29 is 14.3 Å². The maximum atomic E-state index is 14.0. The van der Waals surface area contributed by atoms with Crippen LogP contribution in [-0.4, -0.2) is 22.6 Å². The Bertz CT molecular complexity index is 629. The lowest BCUT2D eigenvalue weighted by atomic mass is 9.76. The Morgan fingerprint density at radius 3 is 2.70 bits per heavy atom. The number of aromatic nitrogens is 1. The van der Waals surface area contributed by atoms with Crippen molar-refractivity contribution >= 4 is 17.3 Å². The van der Waals surface area contributed by atoms with Crippen molar-refractivity contribution in [2.45, 2.75) is 18.8 Å². The van der Waals surface area contributed by atoms with Crippen LogP contribution in [0, 0.1) is 12.7 Å². The number of carboxylic acids is 1. The predicted octanol–water partition coefficient (Wildman–Crippen LogP) is 2.11. The number of benzene rings is 1. The monoisotopic (exact) mass is 294 g/mol. The standard InChI is InChI=1S/C14H15FN2O2S/c1-9-17-10(7-20-9)6-14(8-16,13(18)19)11-4-2-3-5-12(11)15/h2-5,7H,6,8,16H2,1H3,(H,18,19). The number of hydrogen-bond donors (Lipinski definition) is 2. The quantitative estimate of drug-likeness (QED) is 0.885. The summed E-state index contributed by atoms with van der Waals surface area (Å²) in [7, 11) is 0. The number of aliphatic carboxylic acids is 1. The van der Waals surface area contributed by atoms with Crippen LogP contribution < -0.4 is 5.73 Å². The van der Waals surface area contributed by atoms with Gasteiger partial charge in [-0.1, -0.05) is 18.2 Å². The number of halogens is 1. The normalized spacial score (nSPS) is 13.9. The van der Waals surface area contributed by atoms with Gasteiger partial charge >= 0.3 is 5.97 Å². The molecule has 0 radical (unpaired) electrons. The molecule has 1 aromatic heterocycles. The van der Waals surface area contributed by atoms with E-state index in [1.807, 2.05) is 6.92 Å². The van der Waals surface area contributed by atoms with Gasteiger partial charge in [0.2, 0.25) is 0 Å². The summed E-state index contributed by atoms with van der Waals surface area (Å²) in [5, 5.41) is 12.2. The molecule has 1 atom stereocenters. The van der Waals surface area contributed by atoms with Crippen LogP contribution in [0.2, 0.25) is 0 Å². The number of aryl methyl sites for hydroxylation is 1. The summed E-state index contributed by atoms with van der Waals surface area (Å²) >= 11 is 1.43. The lowest BCUT2D eigenvalue weighted by Gasteiger charge is -2.28. The van der Waals surface area contributed by atoms with E-state index in [9.17, 15) is 14.3 Å². The first-order valence-electron chi connectivity index (χ1n) is 6.09.